The minimum Gasteiger partial charge on any atom is -0.323 e. The summed E-state index contributed by atoms with van der Waals surface area (Å²) in [7, 11) is 0. The van der Waals surface area contributed by atoms with E-state index in [1.165, 1.54) is 0 Å². The first-order valence-electron chi connectivity index (χ1n) is 6.51. The summed E-state index contributed by atoms with van der Waals surface area (Å²) in [4.78, 5) is 21.8. The van der Waals surface area contributed by atoms with E-state index in [2.05, 4.69) is 10.6 Å². The van der Waals surface area contributed by atoms with Gasteiger partial charge in [-0.15, -0.1) is 0 Å². The summed E-state index contributed by atoms with van der Waals surface area (Å²) in [6, 6.07) is 3.08. The summed E-state index contributed by atoms with van der Waals surface area (Å²) in [5.41, 5.74) is -0.394. The second-order valence-corrected chi connectivity index (χ2v) is 4.89. The molecule has 1 heterocycles. The Kier molecular flexibility index (Phi) is 4.62. The lowest BCUT2D eigenvalue weighted by molar-refractivity contribution is -0.384. The second kappa shape index (κ2) is 6.42. The highest BCUT2D eigenvalue weighted by Crippen LogP contribution is 2.22. The molecule has 0 bridgehead atoms. The molecule has 0 radical (unpaired) electrons. The Morgan fingerprint density at radius 3 is 3.00 bits per heavy atom. The van der Waals surface area contributed by atoms with Crippen molar-refractivity contribution in [2.45, 2.75) is 19.3 Å². The van der Waals surface area contributed by atoms with Crippen molar-refractivity contribution in [1.82, 2.24) is 5.32 Å². The number of amides is 1. The first-order valence-corrected chi connectivity index (χ1v) is 6.51. The number of benzene rings is 1. The molecule has 0 aromatic heterocycles. The van der Waals surface area contributed by atoms with Crippen LogP contribution in [0.25, 0.3) is 0 Å². The molecular weight excluding hydrogens is 265 g/mol. The Balaban J connectivity index is 1.99. The highest BCUT2D eigenvalue weighted by atomic mass is 19.1. The van der Waals surface area contributed by atoms with E-state index in [1.807, 2.05) is 0 Å². The number of carbonyl (C=O) groups is 1. The van der Waals surface area contributed by atoms with Crippen LogP contribution in [0.3, 0.4) is 0 Å². The van der Waals surface area contributed by atoms with Gasteiger partial charge in [0.05, 0.1) is 10.6 Å². The predicted octanol–water partition coefficient (Wildman–Crippen LogP) is 2.06. The maximum Gasteiger partial charge on any atom is 0.271 e. The van der Waals surface area contributed by atoms with Crippen LogP contribution in [0, 0.1) is 21.8 Å². The van der Waals surface area contributed by atoms with Gasteiger partial charge >= 0.3 is 0 Å². The van der Waals surface area contributed by atoms with Crippen molar-refractivity contribution < 1.29 is 14.1 Å². The fourth-order valence-corrected chi connectivity index (χ4v) is 2.28. The SMILES string of the molecule is O=C(CC1CCCNC1)Nc1cc([N+](=O)[O-])ccc1F. The van der Waals surface area contributed by atoms with Gasteiger partial charge in [-0.1, -0.05) is 0 Å². The number of piperidine rings is 1. The molecule has 108 valence electrons. The third-order valence-corrected chi connectivity index (χ3v) is 3.31. The second-order valence-electron chi connectivity index (χ2n) is 4.89. The number of non-ortho nitro benzene ring substituents is 1. The lowest BCUT2D eigenvalue weighted by Gasteiger charge is -2.22. The molecule has 1 unspecified atom stereocenters. The number of rotatable bonds is 4. The third-order valence-electron chi connectivity index (χ3n) is 3.31. The van der Waals surface area contributed by atoms with Crippen molar-refractivity contribution in [3.8, 4) is 0 Å². The van der Waals surface area contributed by atoms with Gasteiger partial charge < -0.3 is 10.6 Å². The van der Waals surface area contributed by atoms with Crippen molar-refractivity contribution in [2.24, 2.45) is 5.92 Å². The lowest BCUT2D eigenvalue weighted by Crippen LogP contribution is -2.32. The van der Waals surface area contributed by atoms with Gasteiger partial charge in [-0.3, -0.25) is 14.9 Å². The summed E-state index contributed by atoms with van der Waals surface area (Å²) < 4.78 is 13.5. The molecule has 1 amide bonds. The van der Waals surface area contributed by atoms with Crippen LogP contribution in [0.2, 0.25) is 0 Å². The fourth-order valence-electron chi connectivity index (χ4n) is 2.28. The van der Waals surface area contributed by atoms with E-state index < -0.39 is 10.7 Å². The molecule has 1 fully saturated rings. The van der Waals surface area contributed by atoms with Crippen molar-refractivity contribution in [1.29, 1.82) is 0 Å². The van der Waals surface area contributed by atoms with E-state index in [0.29, 0.717) is 0 Å². The zero-order valence-corrected chi connectivity index (χ0v) is 10.9. The fraction of sp³-hybridized carbons (Fsp3) is 0.462. The quantitative estimate of drug-likeness (QED) is 0.653. The van der Waals surface area contributed by atoms with Crippen molar-refractivity contribution >= 4 is 17.3 Å². The van der Waals surface area contributed by atoms with Gasteiger partial charge in [0.25, 0.3) is 5.69 Å². The Hall–Kier alpha value is -2.02. The highest BCUT2D eigenvalue weighted by Gasteiger charge is 2.18. The Bertz CT molecular complexity index is 516. The molecule has 1 aliphatic heterocycles. The van der Waals surface area contributed by atoms with Gasteiger partial charge in [-0.2, -0.15) is 0 Å². The molecule has 2 N–H and O–H groups in total. The van der Waals surface area contributed by atoms with Crippen LogP contribution in [0.1, 0.15) is 19.3 Å². The minimum atomic E-state index is -0.675. The zero-order chi connectivity index (χ0) is 14.5. The molecule has 6 nitrogen and oxygen atoms in total. The minimum absolute atomic E-state index is 0.145. The average Bonchev–Trinajstić information content (AvgIpc) is 2.42. The number of nitrogens with one attached hydrogen (secondary N) is 2. The average molecular weight is 281 g/mol. The van der Waals surface area contributed by atoms with E-state index in [0.717, 1.165) is 44.1 Å². The Labute approximate surface area is 115 Å². The number of carbonyl (C=O) groups excluding carboxylic acids is 1. The van der Waals surface area contributed by atoms with Crippen molar-refractivity contribution in [3.63, 3.8) is 0 Å². The normalized spacial score (nSPS) is 18.6. The van der Waals surface area contributed by atoms with Crippen LogP contribution >= 0.6 is 0 Å². The zero-order valence-electron chi connectivity index (χ0n) is 10.9. The monoisotopic (exact) mass is 281 g/mol. The van der Waals surface area contributed by atoms with Gasteiger partial charge in [0.1, 0.15) is 5.82 Å². The van der Waals surface area contributed by atoms with E-state index in [9.17, 15) is 19.3 Å². The van der Waals surface area contributed by atoms with Crippen molar-refractivity contribution in [3.05, 3.63) is 34.1 Å². The maximum atomic E-state index is 13.5. The molecule has 7 heteroatoms. The molecule has 0 saturated carbocycles. The van der Waals surface area contributed by atoms with E-state index >= 15 is 0 Å². The highest BCUT2D eigenvalue weighted by molar-refractivity contribution is 5.91. The smallest absolute Gasteiger partial charge is 0.271 e. The van der Waals surface area contributed by atoms with Crippen LogP contribution in [0.5, 0.6) is 0 Å². The largest absolute Gasteiger partial charge is 0.323 e. The van der Waals surface area contributed by atoms with E-state index in [-0.39, 0.29) is 29.6 Å². The van der Waals surface area contributed by atoms with Gasteiger partial charge in [0.2, 0.25) is 5.91 Å². The molecular formula is C13H16FN3O3. The standard InChI is InChI=1S/C13H16FN3O3/c14-11-4-3-10(17(19)20)7-12(11)16-13(18)6-9-2-1-5-15-8-9/h3-4,7,9,15H,1-2,5-6,8H2,(H,16,18). The summed E-state index contributed by atoms with van der Waals surface area (Å²) >= 11 is 0. The van der Waals surface area contributed by atoms with Crippen LogP contribution in [0.4, 0.5) is 15.8 Å². The van der Waals surface area contributed by atoms with Crippen LogP contribution < -0.4 is 10.6 Å². The van der Waals surface area contributed by atoms with E-state index in [1.54, 1.807) is 0 Å². The predicted molar refractivity (Wildman–Crippen MR) is 71.9 cm³/mol. The summed E-state index contributed by atoms with van der Waals surface area (Å²) in [5, 5.41) is 16.2. The lowest BCUT2D eigenvalue weighted by atomic mass is 9.96. The summed E-state index contributed by atoms with van der Waals surface area (Å²) in [6.07, 6.45) is 2.26. The molecule has 1 aromatic rings. The van der Waals surface area contributed by atoms with E-state index in [4.69, 9.17) is 0 Å². The number of nitro benzene ring substituents is 1. The maximum absolute atomic E-state index is 13.5. The molecule has 1 aliphatic rings. The first-order chi connectivity index (χ1) is 9.56. The van der Waals surface area contributed by atoms with Gasteiger partial charge in [0, 0.05) is 18.6 Å². The molecule has 1 aromatic carbocycles. The number of hydrogen-bond donors (Lipinski definition) is 2. The van der Waals surface area contributed by atoms with Crippen LogP contribution in [-0.2, 0) is 4.79 Å². The topological polar surface area (TPSA) is 84.3 Å². The summed E-state index contributed by atoms with van der Waals surface area (Å²) in [5.74, 6) is -0.769. The van der Waals surface area contributed by atoms with Crippen molar-refractivity contribution in [2.75, 3.05) is 18.4 Å². The summed E-state index contributed by atoms with van der Waals surface area (Å²) in [6.45, 7) is 1.72. The van der Waals surface area contributed by atoms with Gasteiger partial charge in [-0.05, 0) is 37.9 Å². The van der Waals surface area contributed by atoms with Crippen LogP contribution in [-0.4, -0.2) is 23.9 Å². The molecule has 0 aliphatic carbocycles. The Morgan fingerprint density at radius 2 is 2.35 bits per heavy atom. The Morgan fingerprint density at radius 1 is 1.55 bits per heavy atom. The molecule has 2 rings (SSSR count). The molecule has 0 spiro atoms. The molecule has 1 atom stereocenters. The number of hydrogen-bond acceptors (Lipinski definition) is 4. The van der Waals surface area contributed by atoms with Gasteiger partial charge in [0.15, 0.2) is 0 Å². The molecule has 1 saturated heterocycles. The first kappa shape index (κ1) is 14.4. The number of nitro groups is 1. The third kappa shape index (κ3) is 3.74. The molecule has 20 heavy (non-hydrogen) atoms. The number of anilines is 1. The van der Waals surface area contributed by atoms with Crippen LogP contribution in [0.15, 0.2) is 18.2 Å². The van der Waals surface area contributed by atoms with Gasteiger partial charge in [-0.25, -0.2) is 4.39 Å². The number of halogens is 1. The number of nitrogens with zero attached hydrogens (tertiary/aromatic N) is 1.